The molecule has 0 saturated heterocycles. The molecule has 26 heavy (non-hydrogen) atoms. The average Bonchev–Trinajstić information content (AvgIpc) is 2.68. The fourth-order valence-electron chi connectivity index (χ4n) is 3.73. The summed E-state index contributed by atoms with van der Waals surface area (Å²) in [6, 6.07) is 16.7. The first-order valence-electron chi connectivity index (χ1n) is 9.54. The van der Waals surface area contributed by atoms with Crippen molar-refractivity contribution in [2.24, 2.45) is 5.73 Å². The molecule has 138 valence electrons. The van der Waals surface area contributed by atoms with E-state index in [9.17, 15) is 4.79 Å². The predicted molar refractivity (Wildman–Crippen MR) is 107 cm³/mol. The molecule has 1 fully saturated rings. The molecule has 1 amide bonds. The minimum absolute atomic E-state index is 0.388. The molecule has 0 radical (unpaired) electrons. The fourth-order valence-corrected chi connectivity index (χ4v) is 3.73. The van der Waals surface area contributed by atoms with Gasteiger partial charge < -0.3 is 11.1 Å². The molecule has 0 heterocycles. The molecule has 3 N–H and O–H groups in total. The molecule has 0 aliphatic heterocycles. The van der Waals surface area contributed by atoms with Crippen LogP contribution in [0.5, 0.6) is 0 Å². The first kappa shape index (κ1) is 18.5. The van der Waals surface area contributed by atoms with Gasteiger partial charge in [0.05, 0.1) is 0 Å². The Kier molecular flexibility index (Phi) is 6.29. The number of carbonyl (C=O) groups excluding carboxylic acids is 1. The number of carbonyl (C=O) groups is 1. The number of amides is 1. The highest BCUT2D eigenvalue weighted by Gasteiger charge is 2.18. The quantitative estimate of drug-likeness (QED) is 0.787. The third kappa shape index (κ3) is 4.85. The first-order chi connectivity index (χ1) is 12.6. The van der Waals surface area contributed by atoms with Crippen LogP contribution >= 0.6 is 0 Å². The monoisotopic (exact) mass is 351 g/mol. The number of hydrogen-bond donors (Lipinski definition) is 2. The zero-order valence-electron chi connectivity index (χ0n) is 15.6. The number of nitrogens with two attached hydrogens (primary N) is 1. The van der Waals surface area contributed by atoms with Gasteiger partial charge in [0, 0.05) is 30.4 Å². The Morgan fingerprint density at radius 2 is 1.77 bits per heavy atom. The third-order valence-corrected chi connectivity index (χ3v) is 5.36. The van der Waals surface area contributed by atoms with Gasteiger partial charge in [-0.05, 0) is 49.2 Å². The van der Waals surface area contributed by atoms with Crippen LogP contribution in [0.25, 0.3) is 0 Å². The van der Waals surface area contributed by atoms with E-state index in [0.29, 0.717) is 11.6 Å². The Hall–Kier alpha value is -2.33. The molecule has 1 aliphatic carbocycles. The van der Waals surface area contributed by atoms with E-state index in [0.717, 1.165) is 18.7 Å². The maximum atomic E-state index is 11.2. The van der Waals surface area contributed by atoms with Crippen molar-refractivity contribution in [2.75, 3.05) is 12.4 Å². The second kappa shape index (κ2) is 8.86. The van der Waals surface area contributed by atoms with E-state index in [4.69, 9.17) is 5.73 Å². The van der Waals surface area contributed by atoms with Crippen LogP contribution in [0.1, 0.15) is 53.6 Å². The van der Waals surface area contributed by atoms with E-state index in [2.05, 4.69) is 41.5 Å². The lowest BCUT2D eigenvalue weighted by Gasteiger charge is -2.31. The Morgan fingerprint density at radius 1 is 1.08 bits per heavy atom. The van der Waals surface area contributed by atoms with Crippen molar-refractivity contribution in [1.29, 1.82) is 0 Å². The number of nitrogens with zero attached hydrogens (tertiary/aromatic N) is 1. The second-order valence-electron chi connectivity index (χ2n) is 7.28. The lowest BCUT2D eigenvalue weighted by molar-refractivity contribution is 0.100. The summed E-state index contributed by atoms with van der Waals surface area (Å²) in [6.45, 7) is 1.69. The smallest absolute Gasteiger partial charge is 0.248 e. The maximum absolute atomic E-state index is 11.2. The maximum Gasteiger partial charge on any atom is 0.248 e. The highest BCUT2D eigenvalue weighted by atomic mass is 16.1. The molecule has 0 atom stereocenters. The van der Waals surface area contributed by atoms with Crippen molar-refractivity contribution in [2.45, 2.75) is 51.2 Å². The van der Waals surface area contributed by atoms with Gasteiger partial charge in [0.25, 0.3) is 0 Å². The first-order valence-corrected chi connectivity index (χ1v) is 9.54. The van der Waals surface area contributed by atoms with Crippen molar-refractivity contribution >= 4 is 11.6 Å². The van der Waals surface area contributed by atoms with Crippen molar-refractivity contribution in [3.63, 3.8) is 0 Å². The van der Waals surface area contributed by atoms with E-state index in [1.54, 1.807) is 12.1 Å². The molecule has 2 aromatic rings. The molecular weight excluding hydrogens is 322 g/mol. The van der Waals surface area contributed by atoms with Crippen molar-refractivity contribution < 1.29 is 4.79 Å². The zero-order chi connectivity index (χ0) is 18.4. The van der Waals surface area contributed by atoms with Crippen LogP contribution in [-0.4, -0.2) is 23.9 Å². The van der Waals surface area contributed by atoms with Crippen LogP contribution in [0.4, 0.5) is 5.69 Å². The van der Waals surface area contributed by atoms with Crippen LogP contribution in [0, 0.1) is 0 Å². The molecule has 0 bridgehead atoms. The Labute approximate surface area is 156 Å². The minimum atomic E-state index is -0.388. The van der Waals surface area contributed by atoms with Crippen molar-refractivity contribution in [3.05, 3.63) is 65.2 Å². The molecule has 2 aromatic carbocycles. The molecule has 4 nitrogen and oxygen atoms in total. The molecule has 0 unspecified atom stereocenters. The minimum Gasteiger partial charge on any atom is -0.381 e. The lowest BCUT2D eigenvalue weighted by Crippen LogP contribution is -2.33. The lowest BCUT2D eigenvalue weighted by atomic mass is 9.94. The molecule has 1 aliphatic rings. The van der Waals surface area contributed by atoms with Crippen LogP contribution in [-0.2, 0) is 13.1 Å². The van der Waals surface area contributed by atoms with E-state index in [-0.39, 0.29) is 5.91 Å². The number of primary amides is 1. The van der Waals surface area contributed by atoms with Crippen LogP contribution < -0.4 is 11.1 Å². The predicted octanol–water partition coefficient (Wildman–Crippen LogP) is 4.16. The normalized spacial score (nSPS) is 15.2. The van der Waals surface area contributed by atoms with Gasteiger partial charge in [0.1, 0.15) is 0 Å². The van der Waals surface area contributed by atoms with Gasteiger partial charge in [-0.2, -0.15) is 0 Å². The summed E-state index contributed by atoms with van der Waals surface area (Å²) in [5, 5.41) is 3.54. The van der Waals surface area contributed by atoms with Gasteiger partial charge in [-0.15, -0.1) is 0 Å². The number of rotatable bonds is 7. The van der Waals surface area contributed by atoms with Gasteiger partial charge in [-0.1, -0.05) is 49.6 Å². The van der Waals surface area contributed by atoms with E-state index in [1.165, 1.54) is 43.4 Å². The summed E-state index contributed by atoms with van der Waals surface area (Å²) in [5.74, 6) is -0.388. The Balaban J connectivity index is 1.62. The van der Waals surface area contributed by atoms with E-state index in [1.807, 2.05) is 12.1 Å². The standard InChI is InChI=1S/C22H29N3O/c1-25(20-8-3-2-4-9-20)16-19-7-5-6-10-21(19)24-15-17-11-13-18(14-12-17)22(23)26/h5-7,10-14,20,24H,2-4,8-9,15-16H2,1H3,(H2,23,26). The van der Waals surface area contributed by atoms with Crippen LogP contribution in [0.3, 0.4) is 0 Å². The third-order valence-electron chi connectivity index (χ3n) is 5.36. The van der Waals surface area contributed by atoms with Gasteiger partial charge in [-0.3, -0.25) is 9.69 Å². The highest BCUT2D eigenvalue weighted by Crippen LogP contribution is 2.25. The molecule has 3 rings (SSSR count). The average molecular weight is 351 g/mol. The SMILES string of the molecule is CN(Cc1ccccc1NCc1ccc(C(N)=O)cc1)C1CCCCC1. The van der Waals surface area contributed by atoms with E-state index < -0.39 is 0 Å². The number of anilines is 1. The number of benzene rings is 2. The molecule has 0 spiro atoms. The van der Waals surface area contributed by atoms with Gasteiger partial charge >= 0.3 is 0 Å². The summed E-state index contributed by atoms with van der Waals surface area (Å²) in [7, 11) is 2.25. The van der Waals surface area contributed by atoms with Crippen molar-refractivity contribution in [3.8, 4) is 0 Å². The largest absolute Gasteiger partial charge is 0.381 e. The van der Waals surface area contributed by atoms with Gasteiger partial charge in [-0.25, -0.2) is 0 Å². The second-order valence-corrected chi connectivity index (χ2v) is 7.28. The summed E-state index contributed by atoms with van der Waals surface area (Å²) < 4.78 is 0. The molecule has 4 heteroatoms. The van der Waals surface area contributed by atoms with Crippen LogP contribution in [0.2, 0.25) is 0 Å². The number of para-hydroxylation sites is 1. The molecular formula is C22H29N3O. The van der Waals surface area contributed by atoms with E-state index >= 15 is 0 Å². The zero-order valence-corrected chi connectivity index (χ0v) is 15.6. The fraction of sp³-hybridized carbons (Fsp3) is 0.409. The highest BCUT2D eigenvalue weighted by molar-refractivity contribution is 5.92. The number of nitrogens with one attached hydrogen (secondary N) is 1. The molecule has 0 aromatic heterocycles. The topological polar surface area (TPSA) is 58.4 Å². The summed E-state index contributed by atoms with van der Waals surface area (Å²) >= 11 is 0. The summed E-state index contributed by atoms with van der Waals surface area (Å²) in [5.41, 5.74) is 9.48. The van der Waals surface area contributed by atoms with Gasteiger partial charge in [0.15, 0.2) is 0 Å². The number of hydrogen-bond acceptors (Lipinski definition) is 3. The Bertz CT molecular complexity index is 720. The summed E-state index contributed by atoms with van der Waals surface area (Å²) in [4.78, 5) is 13.7. The Morgan fingerprint density at radius 3 is 2.46 bits per heavy atom. The van der Waals surface area contributed by atoms with Crippen molar-refractivity contribution in [1.82, 2.24) is 4.90 Å². The molecule has 1 saturated carbocycles. The van der Waals surface area contributed by atoms with Crippen LogP contribution in [0.15, 0.2) is 48.5 Å². The summed E-state index contributed by atoms with van der Waals surface area (Å²) in [6.07, 6.45) is 6.74. The van der Waals surface area contributed by atoms with Gasteiger partial charge in [0.2, 0.25) is 5.91 Å².